The van der Waals surface area contributed by atoms with Crippen LogP contribution in [0.1, 0.15) is 97.6 Å². The molecule has 4 aliphatic rings. The molecule has 0 unspecified atom stereocenters. The molecule has 1 aromatic carbocycles. The van der Waals surface area contributed by atoms with E-state index in [0.717, 1.165) is 12.8 Å². The van der Waals surface area contributed by atoms with E-state index >= 15 is 0 Å². The van der Waals surface area contributed by atoms with E-state index in [1.807, 2.05) is 6.07 Å². The third kappa shape index (κ3) is 3.69. The molecule has 0 N–H and O–H groups in total. The van der Waals surface area contributed by atoms with Gasteiger partial charge in [0.1, 0.15) is 5.75 Å². The number of fused-ring (bicyclic) bond motifs is 5. The Balaban J connectivity index is 1.38. The number of hydrogen-bond acceptors (Lipinski definition) is 4. The molecule has 184 valence electrons. The molecule has 0 radical (unpaired) electrons. The average molecular weight is 464 g/mol. The van der Waals surface area contributed by atoms with Gasteiger partial charge in [-0.2, -0.15) is 0 Å². The predicted octanol–water partition coefficient (Wildman–Crippen LogP) is 6.88. The van der Waals surface area contributed by atoms with Crippen molar-refractivity contribution in [1.82, 2.24) is 0 Å². The summed E-state index contributed by atoms with van der Waals surface area (Å²) in [6.45, 7) is 14.9. The Morgan fingerprint density at radius 1 is 1.15 bits per heavy atom. The van der Waals surface area contributed by atoms with Crippen LogP contribution in [-0.2, 0) is 20.5 Å². The Morgan fingerprint density at radius 2 is 1.85 bits per heavy atom. The summed E-state index contributed by atoms with van der Waals surface area (Å²) >= 11 is 0. The Labute approximate surface area is 206 Å². The van der Waals surface area contributed by atoms with E-state index in [9.17, 15) is 4.79 Å². The zero-order valence-corrected chi connectivity index (χ0v) is 22.1. The fraction of sp³-hybridized carbons (Fsp3) is 0.690. The summed E-state index contributed by atoms with van der Waals surface area (Å²) in [5, 5.41) is 0. The van der Waals surface area contributed by atoms with Crippen molar-refractivity contribution in [1.29, 1.82) is 0 Å². The normalized spacial score (nSPS) is 34.0. The molecular weight excluding hydrogens is 423 g/mol. The van der Waals surface area contributed by atoms with Gasteiger partial charge in [-0.3, -0.25) is 4.79 Å². The number of benzene rings is 1. The lowest BCUT2D eigenvalue weighted by molar-refractivity contribution is -0.131. The van der Waals surface area contributed by atoms with Crippen LogP contribution in [0.5, 0.6) is 5.75 Å². The lowest BCUT2D eigenvalue weighted by atomic mass is 9.50. The third-order valence-corrected chi connectivity index (χ3v) is 10.0. The molecule has 5 rings (SSSR count). The minimum atomic E-state index is -0.291. The number of esters is 1. The van der Waals surface area contributed by atoms with Crippen molar-refractivity contribution in [2.24, 2.45) is 17.3 Å². The number of allylic oxidation sites excluding steroid dienone is 2. The first-order chi connectivity index (χ1) is 16.0. The van der Waals surface area contributed by atoms with Gasteiger partial charge < -0.3 is 14.0 Å². The van der Waals surface area contributed by atoms with Crippen LogP contribution in [0.2, 0.25) is 5.82 Å². The number of hydrogen-bond donors (Lipinski definition) is 0. The van der Waals surface area contributed by atoms with Gasteiger partial charge in [0.05, 0.1) is 11.2 Å². The van der Waals surface area contributed by atoms with Crippen molar-refractivity contribution in [3.05, 3.63) is 41.0 Å². The summed E-state index contributed by atoms with van der Waals surface area (Å²) in [6.07, 6.45) is 9.49. The second-order valence-corrected chi connectivity index (χ2v) is 12.4. The van der Waals surface area contributed by atoms with Crippen molar-refractivity contribution in [2.45, 2.75) is 110 Å². The summed E-state index contributed by atoms with van der Waals surface area (Å²) in [4.78, 5) is 11.4. The minimum Gasteiger partial charge on any atom is -0.427 e. The Kier molecular flexibility index (Phi) is 5.84. The molecule has 0 amide bonds. The van der Waals surface area contributed by atoms with Crippen molar-refractivity contribution in [3.8, 4) is 5.75 Å². The van der Waals surface area contributed by atoms with E-state index in [1.54, 1.807) is 5.57 Å². The average Bonchev–Trinajstić information content (AvgIpc) is 3.20. The van der Waals surface area contributed by atoms with Gasteiger partial charge >= 0.3 is 13.1 Å². The first kappa shape index (κ1) is 24.1. The van der Waals surface area contributed by atoms with Gasteiger partial charge in [-0.1, -0.05) is 38.0 Å². The highest BCUT2D eigenvalue weighted by molar-refractivity contribution is 6.48. The SMILES string of the molecule is CC[C@H](B1OC(C)(C)C(C)(C)O1)C1=CC[C@H]2[C@@H]3CCc4cc(OC(C)=O)ccc4[C@H]3CC[C@]12C. The number of ether oxygens (including phenoxy) is 1. The first-order valence-electron chi connectivity index (χ1n) is 13.3. The highest BCUT2D eigenvalue weighted by Gasteiger charge is 2.58. The molecule has 1 aromatic rings. The molecule has 0 aromatic heterocycles. The van der Waals surface area contributed by atoms with Crippen molar-refractivity contribution in [3.63, 3.8) is 0 Å². The van der Waals surface area contributed by atoms with Gasteiger partial charge in [0, 0.05) is 12.7 Å². The smallest absolute Gasteiger partial charge is 0.427 e. The summed E-state index contributed by atoms with van der Waals surface area (Å²) in [6, 6.07) is 6.32. The van der Waals surface area contributed by atoms with Crippen LogP contribution in [0.15, 0.2) is 29.8 Å². The predicted molar refractivity (Wildman–Crippen MR) is 136 cm³/mol. The number of aryl methyl sites for hydroxylation is 1. The van der Waals surface area contributed by atoms with E-state index in [2.05, 4.69) is 59.8 Å². The molecule has 5 heteroatoms. The van der Waals surface area contributed by atoms with Gasteiger partial charge in [0.15, 0.2) is 0 Å². The summed E-state index contributed by atoms with van der Waals surface area (Å²) in [7, 11) is -0.165. The number of carbonyl (C=O) groups is 1. The Morgan fingerprint density at radius 3 is 2.50 bits per heavy atom. The molecule has 0 spiro atoms. The van der Waals surface area contributed by atoms with Crippen LogP contribution in [0, 0.1) is 17.3 Å². The fourth-order valence-electron chi connectivity index (χ4n) is 7.58. The minimum absolute atomic E-state index is 0.165. The zero-order valence-electron chi connectivity index (χ0n) is 22.1. The fourth-order valence-corrected chi connectivity index (χ4v) is 7.58. The Bertz CT molecular complexity index is 995. The molecule has 34 heavy (non-hydrogen) atoms. The first-order valence-corrected chi connectivity index (χ1v) is 13.3. The molecule has 1 saturated heterocycles. The monoisotopic (exact) mass is 464 g/mol. The third-order valence-electron chi connectivity index (χ3n) is 10.0. The van der Waals surface area contributed by atoms with Crippen molar-refractivity contribution in [2.75, 3.05) is 0 Å². The van der Waals surface area contributed by atoms with E-state index < -0.39 is 0 Å². The van der Waals surface area contributed by atoms with Crippen LogP contribution >= 0.6 is 0 Å². The maximum atomic E-state index is 11.4. The second kappa shape index (κ2) is 8.23. The molecule has 1 saturated carbocycles. The van der Waals surface area contributed by atoms with Crippen LogP contribution < -0.4 is 4.74 Å². The van der Waals surface area contributed by atoms with Crippen LogP contribution in [0.3, 0.4) is 0 Å². The molecule has 0 bridgehead atoms. The maximum Gasteiger partial charge on any atom is 0.465 e. The molecule has 2 fully saturated rings. The van der Waals surface area contributed by atoms with Gasteiger partial charge in [0.25, 0.3) is 0 Å². The summed E-state index contributed by atoms with van der Waals surface area (Å²) in [5.41, 5.74) is 4.09. The molecule has 1 heterocycles. The van der Waals surface area contributed by atoms with Gasteiger partial charge in [-0.25, -0.2) is 0 Å². The highest BCUT2D eigenvalue weighted by Crippen LogP contribution is 2.64. The topological polar surface area (TPSA) is 44.8 Å². The van der Waals surface area contributed by atoms with E-state index in [-0.39, 0.29) is 29.7 Å². The molecule has 1 aliphatic heterocycles. The van der Waals surface area contributed by atoms with Crippen LogP contribution in [0.25, 0.3) is 0 Å². The molecule has 5 atom stereocenters. The molecule has 4 nitrogen and oxygen atoms in total. The van der Waals surface area contributed by atoms with Crippen LogP contribution in [-0.4, -0.2) is 24.3 Å². The lowest BCUT2D eigenvalue weighted by Crippen LogP contribution is -2.43. The quantitative estimate of drug-likeness (QED) is 0.211. The Hall–Kier alpha value is -1.59. The van der Waals surface area contributed by atoms with E-state index in [0.29, 0.717) is 29.3 Å². The van der Waals surface area contributed by atoms with Crippen LogP contribution in [0.4, 0.5) is 0 Å². The zero-order chi connectivity index (χ0) is 24.5. The molecular formula is C29H41BO4. The number of rotatable bonds is 4. The lowest BCUT2D eigenvalue weighted by Gasteiger charge is -2.51. The number of carbonyl (C=O) groups excluding carboxylic acids is 1. The van der Waals surface area contributed by atoms with E-state index in [4.69, 9.17) is 14.0 Å². The van der Waals surface area contributed by atoms with Gasteiger partial charge in [0.2, 0.25) is 0 Å². The van der Waals surface area contributed by atoms with Crippen molar-refractivity contribution < 1.29 is 18.8 Å². The van der Waals surface area contributed by atoms with Crippen molar-refractivity contribution >= 4 is 13.1 Å². The summed E-state index contributed by atoms with van der Waals surface area (Å²) in [5.74, 6) is 2.74. The second-order valence-electron chi connectivity index (χ2n) is 12.4. The van der Waals surface area contributed by atoms with Gasteiger partial charge in [-0.15, -0.1) is 0 Å². The maximum absolute atomic E-state index is 11.4. The summed E-state index contributed by atoms with van der Waals surface area (Å²) < 4.78 is 18.5. The largest absolute Gasteiger partial charge is 0.465 e. The molecule has 3 aliphatic carbocycles. The van der Waals surface area contributed by atoms with E-state index in [1.165, 1.54) is 43.7 Å². The standard InChI is InChI=1S/C29H41BO4/c1-8-26(30-33-27(3,4)28(5,6)34-30)25-14-13-24-23-11-9-19-17-20(32-18(2)31)10-12-21(19)22(23)15-16-29(24,25)7/h10,12,14,17,22-24,26H,8-9,11,13,15-16H2,1-7H3/t22-,23-,24+,26+,29+/m1/s1. The highest BCUT2D eigenvalue weighted by atomic mass is 16.7. The van der Waals surface area contributed by atoms with Gasteiger partial charge in [-0.05, 0) is 106 Å².